The first-order chi connectivity index (χ1) is 7.01. The van der Waals surface area contributed by atoms with Crippen LogP contribution in [0, 0.1) is 0 Å². The fraction of sp³-hybridized carbons (Fsp3) is 1.00. The number of hydrogen-bond donors (Lipinski definition) is 2. The zero-order chi connectivity index (χ0) is 11.3. The van der Waals surface area contributed by atoms with Gasteiger partial charge in [0.2, 0.25) is 0 Å². The number of halogens is 3. The summed E-state index contributed by atoms with van der Waals surface area (Å²) < 4.78 is 40.2. The van der Waals surface area contributed by atoms with Crippen molar-refractivity contribution >= 4 is 0 Å². The van der Waals surface area contributed by atoms with E-state index in [1.165, 1.54) is 0 Å². The van der Waals surface area contributed by atoms with Crippen LogP contribution in [0.5, 0.6) is 0 Å². The zero-order valence-corrected chi connectivity index (χ0v) is 8.73. The summed E-state index contributed by atoms with van der Waals surface area (Å²) in [6, 6.07) is 0.405. The van der Waals surface area contributed by atoms with Crippen molar-refractivity contribution in [2.45, 2.75) is 31.2 Å². The predicted octanol–water partition coefficient (Wildman–Crippen LogP) is 0.905. The lowest BCUT2D eigenvalue weighted by Crippen LogP contribution is -2.47. The van der Waals surface area contributed by atoms with Crippen LogP contribution in [0.25, 0.3) is 0 Å². The Kier molecular flexibility index (Phi) is 4.82. The Balaban J connectivity index is 1.86. The second kappa shape index (κ2) is 5.67. The Morgan fingerprint density at radius 2 is 1.93 bits per heavy atom. The van der Waals surface area contributed by atoms with Gasteiger partial charge in [-0.3, -0.25) is 0 Å². The van der Waals surface area contributed by atoms with Crippen molar-refractivity contribution < 1.29 is 17.9 Å². The van der Waals surface area contributed by atoms with Crippen molar-refractivity contribution in [2.75, 3.05) is 26.7 Å². The molecule has 0 aromatic heterocycles. The monoisotopic (exact) mass is 226 g/mol. The van der Waals surface area contributed by atoms with E-state index in [0.29, 0.717) is 25.2 Å². The van der Waals surface area contributed by atoms with Gasteiger partial charge in [-0.15, -0.1) is 0 Å². The van der Waals surface area contributed by atoms with Gasteiger partial charge in [-0.1, -0.05) is 0 Å². The molecule has 0 radical (unpaired) electrons. The summed E-state index contributed by atoms with van der Waals surface area (Å²) in [7, 11) is 1.67. The molecule has 0 bridgehead atoms. The summed E-state index contributed by atoms with van der Waals surface area (Å²) >= 11 is 0. The summed E-state index contributed by atoms with van der Waals surface area (Å²) in [6.07, 6.45) is -1.88. The Morgan fingerprint density at radius 1 is 1.27 bits per heavy atom. The first-order valence-electron chi connectivity index (χ1n) is 5.05. The van der Waals surface area contributed by atoms with Gasteiger partial charge in [-0.25, -0.2) is 0 Å². The molecule has 0 aromatic rings. The van der Waals surface area contributed by atoms with E-state index in [1.54, 1.807) is 7.11 Å². The molecule has 0 unspecified atom stereocenters. The van der Waals surface area contributed by atoms with Gasteiger partial charge in [0.1, 0.15) is 0 Å². The lowest BCUT2D eigenvalue weighted by Gasteiger charge is -2.34. The van der Waals surface area contributed by atoms with E-state index in [4.69, 9.17) is 4.74 Å². The van der Waals surface area contributed by atoms with Gasteiger partial charge in [0, 0.05) is 26.2 Å². The van der Waals surface area contributed by atoms with E-state index >= 15 is 0 Å². The highest BCUT2D eigenvalue weighted by atomic mass is 19.4. The molecule has 2 N–H and O–H groups in total. The Bertz CT molecular complexity index is 181. The van der Waals surface area contributed by atoms with Gasteiger partial charge >= 0.3 is 6.18 Å². The average Bonchev–Trinajstić information content (AvgIpc) is 2.05. The summed E-state index contributed by atoms with van der Waals surface area (Å²) in [4.78, 5) is 0. The minimum atomic E-state index is -4.11. The lowest BCUT2D eigenvalue weighted by molar-refractivity contribution is -0.124. The number of alkyl halides is 3. The third-order valence-electron chi connectivity index (χ3n) is 2.49. The van der Waals surface area contributed by atoms with Crippen LogP contribution in [0.15, 0.2) is 0 Å². The smallest absolute Gasteiger partial charge is 0.381 e. The van der Waals surface area contributed by atoms with Gasteiger partial charge in [0.25, 0.3) is 0 Å². The van der Waals surface area contributed by atoms with Crippen molar-refractivity contribution in [3.05, 3.63) is 0 Å². The summed E-state index contributed by atoms with van der Waals surface area (Å²) in [6.45, 7) is -0.00905. The molecule has 0 aromatic carbocycles. The van der Waals surface area contributed by atoms with Crippen LogP contribution in [0.1, 0.15) is 12.8 Å². The Morgan fingerprint density at radius 3 is 2.47 bits per heavy atom. The lowest BCUT2D eigenvalue weighted by atomic mass is 9.89. The predicted molar refractivity (Wildman–Crippen MR) is 50.7 cm³/mol. The highest BCUT2D eigenvalue weighted by Gasteiger charge is 2.28. The van der Waals surface area contributed by atoms with Crippen molar-refractivity contribution in [1.29, 1.82) is 0 Å². The summed E-state index contributed by atoms with van der Waals surface area (Å²) in [5, 5.41) is 5.50. The molecule has 15 heavy (non-hydrogen) atoms. The van der Waals surface area contributed by atoms with Crippen molar-refractivity contribution in [2.24, 2.45) is 0 Å². The normalized spacial score (nSPS) is 26.4. The quantitative estimate of drug-likeness (QED) is 0.660. The molecule has 0 atom stereocenters. The minimum absolute atomic E-state index is 0.325. The number of methoxy groups -OCH3 is 1. The van der Waals surface area contributed by atoms with Gasteiger partial charge in [-0.05, 0) is 12.8 Å². The molecule has 0 spiro atoms. The van der Waals surface area contributed by atoms with Gasteiger partial charge < -0.3 is 15.4 Å². The molecular formula is C9H17F3N2O. The maximum atomic E-state index is 11.7. The number of nitrogens with one attached hydrogen (secondary N) is 2. The fourth-order valence-corrected chi connectivity index (χ4v) is 1.52. The fourth-order valence-electron chi connectivity index (χ4n) is 1.52. The van der Waals surface area contributed by atoms with Crippen LogP contribution >= 0.6 is 0 Å². The molecule has 0 aliphatic heterocycles. The number of rotatable bonds is 6. The third-order valence-corrected chi connectivity index (χ3v) is 2.49. The van der Waals surface area contributed by atoms with Crippen LogP contribution in [0.3, 0.4) is 0 Å². The molecule has 0 heterocycles. The second-order valence-corrected chi connectivity index (χ2v) is 3.77. The standard InChI is InChI=1S/C9H17F3N2O/c1-15-8-4-7(5-8)14-3-2-13-6-9(10,11)12/h7-8,13-14H,2-6H2,1H3. The van der Waals surface area contributed by atoms with Crippen LogP contribution in [0.4, 0.5) is 13.2 Å². The van der Waals surface area contributed by atoms with Crippen molar-refractivity contribution in [1.82, 2.24) is 10.6 Å². The van der Waals surface area contributed by atoms with Gasteiger partial charge in [0.15, 0.2) is 0 Å². The first-order valence-corrected chi connectivity index (χ1v) is 5.05. The van der Waals surface area contributed by atoms with E-state index in [2.05, 4.69) is 10.6 Å². The van der Waals surface area contributed by atoms with E-state index in [-0.39, 0.29) is 0 Å². The SMILES string of the molecule is COC1CC(NCCNCC(F)(F)F)C1. The third kappa shape index (κ3) is 5.34. The van der Waals surface area contributed by atoms with Crippen LogP contribution in [0.2, 0.25) is 0 Å². The number of ether oxygens (including phenoxy) is 1. The van der Waals surface area contributed by atoms with E-state index in [9.17, 15) is 13.2 Å². The van der Waals surface area contributed by atoms with Gasteiger partial charge in [-0.2, -0.15) is 13.2 Å². The molecule has 90 valence electrons. The summed E-state index contributed by atoms with van der Waals surface area (Å²) in [5.41, 5.74) is 0. The van der Waals surface area contributed by atoms with E-state index in [1.807, 2.05) is 0 Å². The van der Waals surface area contributed by atoms with E-state index < -0.39 is 12.7 Å². The second-order valence-electron chi connectivity index (χ2n) is 3.77. The molecule has 1 fully saturated rings. The van der Waals surface area contributed by atoms with Crippen molar-refractivity contribution in [3.8, 4) is 0 Å². The maximum absolute atomic E-state index is 11.7. The topological polar surface area (TPSA) is 33.3 Å². The molecule has 1 aliphatic rings. The Hall–Kier alpha value is -0.330. The number of hydrogen-bond acceptors (Lipinski definition) is 3. The van der Waals surface area contributed by atoms with Gasteiger partial charge in [0.05, 0.1) is 12.6 Å². The minimum Gasteiger partial charge on any atom is -0.381 e. The molecular weight excluding hydrogens is 209 g/mol. The zero-order valence-electron chi connectivity index (χ0n) is 8.73. The molecule has 3 nitrogen and oxygen atoms in total. The first kappa shape index (κ1) is 12.7. The highest BCUT2D eigenvalue weighted by molar-refractivity contribution is 4.85. The van der Waals surface area contributed by atoms with Crippen LogP contribution in [-0.4, -0.2) is 45.1 Å². The van der Waals surface area contributed by atoms with Crippen LogP contribution in [-0.2, 0) is 4.74 Å². The van der Waals surface area contributed by atoms with E-state index in [0.717, 1.165) is 12.8 Å². The maximum Gasteiger partial charge on any atom is 0.401 e. The summed E-state index contributed by atoms with van der Waals surface area (Å²) in [5.74, 6) is 0. The molecule has 1 rings (SSSR count). The highest BCUT2D eigenvalue weighted by Crippen LogP contribution is 2.21. The molecule has 1 saturated carbocycles. The average molecular weight is 226 g/mol. The molecule has 6 heteroatoms. The molecule has 1 aliphatic carbocycles. The van der Waals surface area contributed by atoms with Crippen LogP contribution < -0.4 is 10.6 Å². The molecule has 0 saturated heterocycles. The Labute approximate surface area is 87.4 Å². The molecule has 0 amide bonds. The largest absolute Gasteiger partial charge is 0.401 e. The van der Waals surface area contributed by atoms with Crippen molar-refractivity contribution in [3.63, 3.8) is 0 Å².